The lowest BCUT2D eigenvalue weighted by Crippen LogP contribution is -2.44. The Labute approximate surface area is 165 Å². The molecule has 28 heavy (non-hydrogen) atoms. The highest BCUT2D eigenvalue weighted by Crippen LogP contribution is 2.20. The maximum Gasteiger partial charge on any atom is 0.269 e. The highest BCUT2D eigenvalue weighted by molar-refractivity contribution is 5.80. The Hall–Kier alpha value is -3.09. The largest absolute Gasteiger partial charge is 0.369 e. The van der Waals surface area contributed by atoms with Crippen LogP contribution in [0.2, 0.25) is 0 Å². The fraction of sp³-hybridized carbons (Fsp3) is 0.381. The van der Waals surface area contributed by atoms with E-state index in [1.165, 1.54) is 23.4 Å². The van der Waals surface area contributed by atoms with Crippen LogP contribution < -0.4 is 15.5 Å². The number of hydrogen-bond acceptors (Lipinski definition) is 4. The minimum Gasteiger partial charge on any atom is -0.369 e. The quantitative estimate of drug-likeness (QED) is 0.347. The van der Waals surface area contributed by atoms with Gasteiger partial charge in [0, 0.05) is 43.5 Å². The summed E-state index contributed by atoms with van der Waals surface area (Å²) in [7, 11) is 0. The van der Waals surface area contributed by atoms with Gasteiger partial charge in [0.1, 0.15) is 0 Å². The van der Waals surface area contributed by atoms with Gasteiger partial charge in [-0.25, -0.2) is 4.99 Å². The van der Waals surface area contributed by atoms with Crippen molar-refractivity contribution in [1.82, 2.24) is 10.6 Å². The van der Waals surface area contributed by atoms with Crippen molar-refractivity contribution >= 4 is 17.3 Å². The standard InChI is InChI=1S/C21H27N5O2/c1-3-22-21(23-14-17-6-10-20(11-7-17)26(27)28)24-18-12-13-25(15-18)19-8-4-16(2)5-9-19/h4-11,18H,3,12-15H2,1-2H3,(H2,22,23,24). The summed E-state index contributed by atoms with van der Waals surface area (Å²) in [4.78, 5) is 17.4. The number of nitro benzene ring substituents is 1. The summed E-state index contributed by atoms with van der Waals surface area (Å²) >= 11 is 0. The van der Waals surface area contributed by atoms with Crippen molar-refractivity contribution in [2.45, 2.75) is 32.9 Å². The number of aliphatic imine (C=N–C) groups is 1. The third-order valence-corrected chi connectivity index (χ3v) is 4.84. The second-order valence-corrected chi connectivity index (χ2v) is 7.03. The van der Waals surface area contributed by atoms with Gasteiger partial charge in [0.2, 0.25) is 0 Å². The summed E-state index contributed by atoms with van der Waals surface area (Å²) in [6.07, 6.45) is 1.05. The van der Waals surface area contributed by atoms with Gasteiger partial charge < -0.3 is 15.5 Å². The predicted molar refractivity (Wildman–Crippen MR) is 113 cm³/mol. The first-order valence-corrected chi connectivity index (χ1v) is 9.65. The van der Waals surface area contributed by atoms with Gasteiger partial charge in [0.15, 0.2) is 5.96 Å². The lowest BCUT2D eigenvalue weighted by atomic mass is 10.2. The van der Waals surface area contributed by atoms with Crippen LogP contribution in [0.25, 0.3) is 0 Å². The Kier molecular flexibility index (Phi) is 6.47. The lowest BCUT2D eigenvalue weighted by molar-refractivity contribution is -0.384. The maximum absolute atomic E-state index is 10.8. The third-order valence-electron chi connectivity index (χ3n) is 4.84. The van der Waals surface area contributed by atoms with Gasteiger partial charge in [0.25, 0.3) is 5.69 Å². The number of nitrogens with zero attached hydrogens (tertiary/aromatic N) is 3. The normalized spacial score (nSPS) is 16.9. The summed E-state index contributed by atoms with van der Waals surface area (Å²) in [5, 5.41) is 17.6. The Morgan fingerprint density at radius 2 is 1.93 bits per heavy atom. The molecule has 2 aromatic rings. The molecule has 1 aliphatic rings. The zero-order valence-corrected chi connectivity index (χ0v) is 16.4. The van der Waals surface area contributed by atoms with Crippen LogP contribution in [0.1, 0.15) is 24.5 Å². The smallest absolute Gasteiger partial charge is 0.269 e. The van der Waals surface area contributed by atoms with E-state index in [9.17, 15) is 10.1 Å². The molecule has 0 radical (unpaired) electrons. The van der Waals surface area contributed by atoms with Crippen LogP contribution in [0, 0.1) is 17.0 Å². The Morgan fingerprint density at radius 3 is 2.57 bits per heavy atom. The number of anilines is 1. The highest BCUT2D eigenvalue weighted by Gasteiger charge is 2.23. The summed E-state index contributed by atoms with van der Waals surface area (Å²) < 4.78 is 0. The van der Waals surface area contributed by atoms with Gasteiger partial charge in [0.05, 0.1) is 11.5 Å². The van der Waals surface area contributed by atoms with Crippen molar-refractivity contribution < 1.29 is 4.92 Å². The molecular weight excluding hydrogens is 354 g/mol. The molecule has 0 amide bonds. The predicted octanol–water partition coefficient (Wildman–Crippen LogP) is 3.24. The first-order valence-electron chi connectivity index (χ1n) is 9.65. The molecule has 1 fully saturated rings. The zero-order valence-electron chi connectivity index (χ0n) is 16.4. The summed E-state index contributed by atoms with van der Waals surface area (Å²) in [5.74, 6) is 0.775. The molecule has 1 unspecified atom stereocenters. The van der Waals surface area contributed by atoms with Crippen molar-refractivity contribution in [3.63, 3.8) is 0 Å². The maximum atomic E-state index is 10.8. The number of guanidine groups is 1. The number of rotatable bonds is 6. The molecule has 2 N–H and O–H groups in total. The Morgan fingerprint density at radius 1 is 1.21 bits per heavy atom. The molecule has 0 aromatic heterocycles. The van der Waals surface area contributed by atoms with E-state index in [-0.39, 0.29) is 5.69 Å². The number of nitrogens with one attached hydrogen (secondary N) is 2. The molecular formula is C21H27N5O2. The first-order chi connectivity index (χ1) is 13.5. The second kappa shape index (κ2) is 9.21. The monoisotopic (exact) mass is 381 g/mol. The number of nitro groups is 1. The molecule has 7 heteroatoms. The minimum absolute atomic E-state index is 0.0971. The third kappa shape index (κ3) is 5.22. The fourth-order valence-corrected chi connectivity index (χ4v) is 3.27. The zero-order chi connectivity index (χ0) is 19.9. The van der Waals surface area contributed by atoms with Crippen LogP contribution in [0.5, 0.6) is 0 Å². The van der Waals surface area contributed by atoms with E-state index in [1.807, 2.05) is 6.92 Å². The van der Waals surface area contributed by atoms with Gasteiger partial charge >= 0.3 is 0 Å². The van der Waals surface area contributed by atoms with Crippen LogP contribution in [-0.4, -0.2) is 36.6 Å². The van der Waals surface area contributed by atoms with Crippen molar-refractivity contribution in [1.29, 1.82) is 0 Å². The van der Waals surface area contributed by atoms with Crippen LogP contribution in [0.15, 0.2) is 53.5 Å². The lowest BCUT2D eigenvalue weighted by Gasteiger charge is -2.20. The number of benzene rings is 2. The second-order valence-electron chi connectivity index (χ2n) is 7.03. The van der Waals surface area contributed by atoms with Gasteiger partial charge in [-0.2, -0.15) is 0 Å². The summed E-state index contributed by atoms with van der Waals surface area (Å²) in [6, 6.07) is 15.5. The molecule has 3 rings (SSSR count). The SMILES string of the molecule is CCNC(=NCc1ccc([N+](=O)[O-])cc1)NC1CCN(c2ccc(C)cc2)C1. The van der Waals surface area contributed by atoms with Gasteiger partial charge in [-0.3, -0.25) is 10.1 Å². The van der Waals surface area contributed by atoms with Gasteiger partial charge in [-0.05, 0) is 38.0 Å². The van der Waals surface area contributed by atoms with E-state index < -0.39 is 4.92 Å². The molecule has 148 valence electrons. The number of aryl methyl sites for hydroxylation is 1. The van der Waals surface area contributed by atoms with Crippen LogP contribution in [0.3, 0.4) is 0 Å². The molecule has 1 atom stereocenters. The van der Waals surface area contributed by atoms with E-state index in [4.69, 9.17) is 0 Å². The fourth-order valence-electron chi connectivity index (χ4n) is 3.27. The molecule has 0 spiro atoms. The first kappa shape index (κ1) is 19.7. The molecule has 0 aliphatic carbocycles. The van der Waals surface area contributed by atoms with Crippen molar-refractivity contribution in [3.05, 3.63) is 69.8 Å². The van der Waals surface area contributed by atoms with Crippen LogP contribution >= 0.6 is 0 Å². The van der Waals surface area contributed by atoms with Crippen LogP contribution in [0.4, 0.5) is 11.4 Å². The van der Waals surface area contributed by atoms with Crippen molar-refractivity contribution in [2.24, 2.45) is 4.99 Å². The molecule has 7 nitrogen and oxygen atoms in total. The number of hydrogen-bond donors (Lipinski definition) is 2. The Balaban J connectivity index is 1.58. The van der Waals surface area contributed by atoms with Crippen LogP contribution in [-0.2, 0) is 6.54 Å². The minimum atomic E-state index is -0.390. The summed E-state index contributed by atoms with van der Waals surface area (Å²) in [6.45, 7) is 7.34. The van der Waals surface area contributed by atoms with E-state index in [1.54, 1.807) is 12.1 Å². The molecule has 1 aliphatic heterocycles. The van der Waals surface area contributed by atoms with Gasteiger partial charge in [-0.15, -0.1) is 0 Å². The molecule has 2 aromatic carbocycles. The average Bonchev–Trinajstić information content (AvgIpc) is 3.15. The molecule has 0 bridgehead atoms. The Bertz CT molecular complexity index is 818. The van der Waals surface area contributed by atoms with E-state index in [2.05, 4.69) is 51.7 Å². The highest BCUT2D eigenvalue weighted by atomic mass is 16.6. The summed E-state index contributed by atoms with van der Waals surface area (Å²) in [5.41, 5.74) is 3.56. The van der Waals surface area contributed by atoms with E-state index in [0.717, 1.165) is 37.6 Å². The molecule has 0 saturated carbocycles. The average molecular weight is 381 g/mol. The van der Waals surface area contributed by atoms with E-state index >= 15 is 0 Å². The van der Waals surface area contributed by atoms with Gasteiger partial charge in [-0.1, -0.05) is 29.8 Å². The van der Waals surface area contributed by atoms with E-state index in [0.29, 0.717) is 12.6 Å². The van der Waals surface area contributed by atoms with Crippen molar-refractivity contribution in [2.75, 3.05) is 24.5 Å². The van der Waals surface area contributed by atoms with Crippen molar-refractivity contribution in [3.8, 4) is 0 Å². The number of non-ortho nitro benzene ring substituents is 1. The molecule has 1 heterocycles. The topological polar surface area (TPSA) is 82.8 Å². The molecule has 1 saturated heterocycles.